The molecule has 0 saturated heterocycles. The summed E-state index contributed by atoms with van der Waals surface area (Å²) < 4.78 is 8.11. The molecule has 0 atom stereocenters. The molecule has 11 heteroatoms. The predicted molar refractivity (Wildman–Crippen MR) is 161 cm³/mol. The normalized spacial score (nSPS) is 12.3. The average molecular weight is 593 g/mol. The number of carboxylic acid groups (broad SMARTS) is 2. The molecule has 1 aliphatic rings. The minimum atomic E-state index is -1.45. The summed E-state index contributed by atoms with van der Waals surface area (Å²) in [5.41, 5.74) is 5.19. The number of aromatic nitrogens is 4. The van der Waals surface area contributed by atoms with Gasteiger partial charge in [-0.2, -0.15) is 9.67 Å². The highest BCUT2D eigenvalue weighted by Crippen LogP contribution is 2.39. The summed E-state index contributed by atoms with van der Waals surface area (Å²) in [4.78, 5) is 36.7. The molecular formula is C32H24N4O6S. The lowest BCUT2D eigenvalue weighted by Crippen LogP contribution is -2.36. The Morgan fingerprint density at radius 2 is 1.47 bits per heavy atom. The van der Waals surface area contributed by atoms with Gasteiger partial charge in [0.1, 0.15) is 4.64 Å². The molecule has 0 bridgehead atoms. The first kappa shape index (κ1) is 27.6. The molecule has 0 amide bonds. The molecule has 0 fully saturated rings. The summed E-state index contributed by atoms with van der Waals surface area (Å²) in [7, 11) is 0. The minimum Gasteiger partial charge on any atom is -0.464 e. The molecule has 0 unspecified atom stereocenters. The Bertz CT molecular complexity index is 1990. The monoisotopic (exact) mass is 592 g/mol. The lowest BCUT2D eigenvalue weighted by Gasteiger charge is -2.23. The van der Waals surface area contributed by atoms with Gasteiger partial charge in [0, 0.05) is 17.7 Å². The number of fused-ring (bicyclic) bond motifs is 2. The Balaban J connectivity index is 1.43. The highest BCUT2D eigenvalue weighted by molar-refractivity contribution is 7.71. The van der Waals surface area contributed by atoms with E-state index in [0.29, 0.717) is 16.7 Å². The third kappa shape index (κ3) is 5.53. The lowest BCUT2D eigenvalue weighted by atomic mass is 9.83. The number of rotatable bonds is 6. The Hall–Kier alpha value is -5.55. The minimum absolute atomic E-state index is 0.0583. The van der Waals surface area contributed by atoms with Gasteiger partial charge in [0.25, 0.3) is 0 Å². The molecule has 3 aromatic carbocycles. The number of carbonyl (C=O) groups is 2. The third-order valence-corrected chi connectivity index (χ3v) is 7.66. The molecule has 0 saturated carbocycles. The predicted octanol–water partition coefficient (Wildman–Crippen LogP) is 5.92. The number of hydrogen-bond donors (Lipinski definition) is 2. The van der Waals surface area contributed by atoms with Gasteiger partial charge >= 0.3 is 17.9 Å². The summed E-state index contributed by atoms with van der Waals surface area (Å²) in [6.07, 6.45) is 5.61. The molecule has 0 aliphatic heterocycles. The van der Waals surface area contributed by atoms with Crippen LogP contribution in [0.3, 0.4) is 0 Å². The number of hydrogen-bond acceptors (Lipinski definition) is 6. The Morgan fingerprint density at radius 3 is 2.09 bits per heavy atom. The van der Waals surface area contributed by atoms with E-state index in [4.69, 9.17) is 17.3 Å². The van der Waals surface area contributed by atoms with Crippen molar-refractivity contribution < 1.29 is 24.5 Å². The van der Waals surface area contributed by atoms with E-state index in [1.165, 1.54) is 21.6 Å². The molecule has 1 aliphatic carbocycles. The van der Waals surface area contributed by atoms with Crippen molar-refractivity contribution in [3.8, 4) is 5.75 Å². The van der Waals surface area contributed by atoms with Gasteiger partial charge in [-0.15, -0.1) is 0 Å². The average Bonchev–Trinajstić information content (AvgIpc) is 3.33. The fraction of sp³-hybridized carbons (Fsp3) is 0.0938. The first-order valence-corrected chi connectivity index (χ1v) is 13.7. The summed E-state index contributed by atoms with van der Waals surface area (Å²) in [6.45, 7) is 0.406. The molecule has 2 N–H and O–H groups in total. The van der Waals surface area contributed by atoms with Crippen LogP contribution in [0.15, 0.2) is 96.2 Å². The highest BCUT2D eigenvalue weighted by atomic mass is 32.1. The number of benzene rings is 3. The van der Waals surface area contributed by atoms with Crippen LogP contribution in [0.25, 0.3) is 12.2 Å². The van der Waals surface area contributed by atoms with Crippen LogP contribution in [0.5, 0.6) is 5.75 Å². The van der Waals surface area contributed by atoms with Gasteiger partial charge in [0.15, 0.2) is 5.75 Å². The fourth-order valence-corrected chi connectivity index (χ4v) is 5.76. The highest BCUT2D eigenvalue weighted by Gasteiger charge is 2.27. The number of nitrogens with zero attached hydrogens (tertiary/aromatic N) is 4. The maximum absolute atomic E-state index is 13.5. The summed E-state index contributed by atoms with van der Waals surface area (Å²) in [5, 5.41) is 23.0. The second kappa shape index (κ2) is 11.4. The van der Waals surface area contributed by atoms with Gasteiger partial charge in [-0.25, -0.2) is 14.4 Å². The van der Waals surface area contributed by atoms with Crippen molar-refractivity contribution >= 4 is 36.6 Å². The van der Waals surface area contributed by atoms with Crippen LogP contribution in [0.2, 0.25) is 0 Å². The van der Waals surface area contributed by atoms with Crippen molar-refractivity contribution in [3.63, 3.8) is 0 Å². The van der Waals surface area contributed by atoms with E-state index in [1.54, 1.807) is 6.20 Å². The van der Waals surface area contributed by atoms with Crippen molar-refractivity contribution in [1.29, 1.82) is 0 Å². The largest absolute Gasteiger partial charge is 0.511 e. The maximum atomic E-state index is 13.5. The zero-order valence-corrected chi connectivity index (χ0v) is 23.3. The zero-order valence-electron chi connectivity index (χ0n) is 22.5. The first-order chi connectivity index (χ1) is 20.8. The van der Waals surface area contributed by atoms with Crippen LogP contribution in [0, 0.1) is 4.64 Å². The van der Waals surface area contributed by atoms with Crippen LogP contribution in [-0.4, -0.2) is 41.4 Å². The Kier molecular flexibility index (Phi) is 7.31. The van der Waals surface area contributed by atoms with Crippen molar-refractivity contribution in [2.45, 2.75) is 19.0 Å². The maximum Gasteiger partial charge on any atom is 0.511 e. The summed E-state index contributed by atoms with van der Waals surface area (Å²) >= 11 is 5.68. The van der Waals surface area contributed by atoms with Crippen LogP contribution >= 0.6 is 12.2 Å². The lowest BCUT2D eigenvalue weighted by molar-refractivity contribution is 0.144. The van der Waals surface area contributed by atoms with E-state index in [9.17, 15) is 19.5 Å². The van der Waals surface area contributed by atoms with Gasteiger partial charge in [-0.1, -0.05) is 97.2 Å². The van der Waals surface area contributed by atoms with Crippen LogP contribution in [0.1, 0.15) is 44.9 Å². The standard InChI is InChI=1S/C32H24N4O6S/c37-30-34(16-20-6-5-7-21(14-20)17-35-18-24(15-33-35)42-32(40)41)19-27(29(43)36(30)31(38)39)28-25-10-3-1-8-22(25)12-13-23-9-2-4-11-26(23)28/h1-15,18-19,28H,16-17H2,(H,38,39)(H,40,41). The van der Waals surface area contributed by atoms with Crippen LogP contribution < -0.4 is 10.4 Å². The van der Waals surface area contributed by atoms with E-state index in [0.717, 1.165) is 33.4 Å². The topological polar surface area (TPSA) is 129 Å². The van der Waals surface area contributed by atoms with Crippen molar-refractivity contribution in [1.82, 2.24) is 18.9 Å². The molecule has 10 nitrogen and oxygen atoms in total. The Labute approximate surface area is 250 Å². The van der Waals surface area contributed by atoms with E-state index in [2.05, 4.69) is 9.84 Å². The van der Waals surface area contributed by atoms with Crippen molar-refractivity contribution in [2.75, 3.05) is 0 Å². The molecule has 6 rings (SSSR count). The smallest absolute Gasteiger partial charge is 0.464 e. The summed E-state index contributed by atoms with van der Waals surface area (Å²) in [5.74, 6) is -0.317. The molecule has 5 aromatic rings. The van der Waals surface area contributed by atoms with Crippen LogP contribution in [-0.2, 0) is 13.1 Å². The first-order valence-electron chi connectivity index (χ1n) is 13.2. The van der Waals surface area contributed by atoms with Gasteiger partial charge < -0.3 is 14.9 Å². The van der Waals surface area contributed by atoms with E-state index >= 15 is 0 Å². The summed E-state index contributed by atoms with van der Waals surface area (Å²) in [6, 6.07) is 23.1. The van der Waals surface area contributed by atoms with Gasteiger partial charge in [-0.3, -0.25) is 9.25 Å². The van der Waals surface area contributed by atoms with E-state index < -0.39 is 23.9 Å². The van der Waals surface area contributed by atoms with Crippen LogP contribution in [0.4, 0.5) is 9.59 Å². The Morgan fingerprint density at radius 1 is 0.837 bits per heavy atom. The number of ether oxygens (including phenoxy) is 1. The van der Waals surface area contributed by atoms with Crippen molar-refractivity contribution in [3.05, 3.63) is 145 Å². The second-order valence-electron chi connectivity index (χ2n) is 10.0. The van der Waals surface area contributed by atoms with Gasteiger partial charge in [0.2, 0.25) is 0 Å². The molecule has 2 heterocycles. The molecule has 214 valence electrons. The SMILES string of the molecule is O=C(O)Oc1cnn(Cc2cccc(Cn3cc(C4c5ccccc5C=Cc5ccccc54)c(=S)n(C(=O)O)c3=O)c2)c1. The molecule has 0 radical (unpaired) electrons. The van der Waals surface area contributed by atoms with E-state index in [1.807, 2.05) is 84.9 Å². The third-order valence-electron chi connectivity index (χ3n) is 7.24. The molecular weight excluding hydrogens is 568 g/mol. The quantitative estimate of drug-likeness (QED) is 0.180. The van der Waals surface area contributed by atoms with E-state index in [-0.39, 0.29) is 16.9 Å². The molecule has 43 heavy (non-hydrogen) atoms. The van der Waals surface area contributed by atoms with Crippen molar-refractivity contribution in [2.24, 2.45) is 0 Å². The zero-order chi connectivity index (χ0) is 30.1. The second-order valence-corrected chi connectivity index (χ2v) is 10.4. The molecule has 0 spiro atoms. The fourth-order valence-electron chi connectivity index (χ4n) is 5.43. The van der Waals surface area contributed by atoms with Gasteiger partial charge in [0.05, 0.1) is 25.5 Å². The van der Waals surface area contributed by atoms with Gasteiger partial charge in [-0.05, 0) is 33.4 Å². The molecule has 2 aromatic heterocycles.